The Morgan fingerprint density at radius 1 is 1.36 bits per heavy atom. The maximum Gasteiger partial charge on any atom is 0.409 e. The molecule has 3 aliphatic rings. The SMILES string of the molecule is CO[C@H]1C([C@@]2(C)O[C@@H]2/C=C/C(C)C)[C@]2(CC[C@H]1OC(=O)N(C)C)CO2. The molecule has 3 fully saturated rings. The summed E-state index contributed by atoms with van der Waals surface area (Å²) in [6, 6.07) is 0. The molecule has 0 N–H and O–H groups in total. The molecule has 1 aliphatic carbocycles. The van der Waals surface area contributed by atoms with Crippen molar-refractivity contribution in [2.24, 2.45) is 11.8 Å². The average molecular weight is 353 g/mol. The maximum absolute atomic E-state index is 12.0. The number of epoxide rings is 2. The van der Waals surface area contributed by atoms with Gasteiger partial charge >= 0.3 is 6.09 Å². The Morgan fingerprint density at radius 3 is 2.56 bits per heavy atom. The first-order chi connectivity index (χ1) is 11.7. The predicted octanol–water partition coefficient (Wildman–Crippen LogP) is 2.62. The van der Waals surface area contributed by atoms with Crippen molar-refractivity contribution in [2.45, 2.75) is 63.1 Å². The highest BCUT2D eigenvalue weighted by Crippen LogP contribution is 2.59. The summed E-state index contributed by atoms with van der Waals surface area (Å²) in [6.07, 6.45) is 5.13. The third-order valence-corrected chi connectivity index (χ3v) is 5.70. The van der Waals surface area contributed by atoms with E-state index < -0.39 is 0 Å². The van der Waals surface area contributed by atoms with Gasteiger partial charge in [-0.2, -0.15) is 0 Å². The summed E-state index contributed by atoms with van der Waals surface area (Å²) in [4.78, 5) is 13.5. The van der Waals surface area contributed by atoms with Gasteiger partial charge in [-0.1, -0.05) is 26.0 Å². The lowest BCUT2D eigenvalue weighted by Gasteiger charge is -2.42. The van der Waals surface area contributed by atoms with Crippen molar-refractivity contribution in [1.82, 2.24) is 4.90 Å². The number of allylic oxidation sites excluding steroid dienone is 1. The first-order valence-corrected chi connectivity index (χ1v) is 9.14. The summed E-state index contributed by atoms with van der Waals surface area (Å²) < 4.78 is 23.5. The topological polar surface area (TPSA) is 63.8 Å². The molecule has 142 valence electrons. The van der Waals surface area contributed by atoms with Crippen LogP contribution in [0.5, 0.6) is 0 Å². The van der Waals surface area contributed by atoms with E-state index >= 15 is 0 Å². The first-order valence-electron chi connectivity index (χ1n) is 9.14. The molecule has 1 saturated carbocycles. The molecule has 25 heavy (non-hydrogen) atoms. The summed E-state index contributed by atoms with van der Waals surface area (Å²) in [5.41, 5.74) is -0.539. The molecule has 1 spiro atoms. The zero-order valence-corrected chi connectivity index (χ0v) is 16.2. The second-order valence-electron chi connectivity index (χ2n) is 8.24. The molecule has 3 rings (SSSR count). The molecular formula is C19H31NO5. The number of hydrogen-bond donors (Lipinski definition) is 0. The van der Waals surface area contributed by atoms with Gasteiger partial charge in [-0.3, -0.25) is 0 Å². The Labute approximate surface area is 150 Å². The normalized spacial score (nSPS) is 42.8. The van der Waals surface area contributed by atoms with Crippen LogP contribution in [-0.4, -0.2) is 68.3 Å². The van der Waals surface area contributed by atoms with Crippen LogP contribution in [0.4, 0.5) is 4.79 Å². The lowest BCUT2D eigenvalue weighted by Crippen LogP contribution is -2.56. The first kappa shape index (κ1) is 18.7. The van der Waals surface area contributed by atoms with Crippen LogP contribution in [0, 0.1) is 11.8 Å². The van der Waals surface area contributed by atoms with E-state index in [0.717, 1.165) is 19.4 Å². The fourth-order valence-corrected chi connectivity index (χ4v) is 4.18. The minimum Gasteiger partial charge on any atom is -0.443 e. The summed E-state index contributed by atoms with van der Waals surface area (Å²) in [5.74, 6) is 0.526. The summed E-state index contributed by atoms with van der Waals surface area (Å²) in [5, 5.41) is 0. The smallest absolute Gasteiger partial charge is 0.409 e. The molecule has 2 saturated heterocycles. The van der Waals surface area contributed by atoms with E-state index in [-0.39, 0.29) is 41.5 Å². The quantitative estimate of drug-likeness (QED) is 0.561. The van der Waals surface area contributed by atoms with E-state index in [9.17, 15) is 4.79 Å². The van der Waals surface area contributed by atoms with Gasteiger partial charge in [0.15, 0.2) is 0 Å². The molecule has 6 nitrogen and oxygen atoms in total. The van der Waals surface area contributed by atoms with Gasteiger partial charge in [-0.15, -0.1) is 0 Å². The second kappa shape index (κ2) is 6.56. The molecule has 0 aromatic carbocycles. The van der Waals surface area contributed by atoms with Gasteiger partial charge in [-0.25, -0.2) is 4.79 Å². The predicted molar refractivity (Wildman–Crippen MR) is 93.4 cm³/mol. The van der Waals surface area contributed by atoms with Crippen molar-refractivity contribution >= 4 is 6.09 Å². The van der Waals surface area contributed by atoms with Crippen molar-refractivity contribution < 1.29 is 23.7 Å². The van der Waals surface area contributed by atoms with Gasteiger partial charge in [0, 0.05) is 21.2 Å². The van der Waals surface area contributed by atoms with Crippen LogP contribution in [-0.2, 0) is 18.9 Å². The molecule has 0 radical (unpaired) electrons. The highest BCUT2D eigenvalue weighted by atomic mass is 16.6. The minimum atomic E-state index is -0.342. The highest BCUT2D eigenvalue weighted by Gasteiger charge is 2.72. The summed E-state index contributed by atoms with van der Waals surface area (Å²) >= 11 is 0. The summed E-state index contributed by atoms with van der Waals surface area (Å²) in [6.45, 7) is 7.15. The highest BCUT2D eigenvalue weighted by molar-refractivity contribution is 5.67. The number of carbonyl (C=O) groups excluding carboxylic acids is 1. The molecule has 2 heterocycles. The van der Waals surface area contributed by atoms with Crippen LogP contribution >= 0.6 is 0 Å². The average Bonchev–Trinajstić information content (AvgIpc) is 3.45. The number of rotatable bonds is 5. The number of ether oxygens (including phenoxy) is 4. The van der Waals surface area contributed by atoms with Crippen molar-refractivity contribution in [3.8, 4) is 0 Å². The third-order valence-electron chi connectivity index (χ3n) is 5.70. The van der Waals surface area contributed by atoms with E-state index in [1.807, 2.05) is 0 Å². The van der Waals surface area contributed by atoms with Gasteiger partial charge in [0.1, 0.15) is 29.5 Å². The third kappa shape index (κ3) is 3.44. The van der Waals surface area contributed by atoms with E-state index in [0.29, 0.717) is 5.92 Å². The largest absolute Gasteiger partial charge is 0.443 e. The van der Waals surface area contributed by atoms with E-state index in [1.54, 1.807) is 21.2 Å². The van der Waals surface area contributed by atoms with Crippen molar-refractivity contribution in [3.63, 3.8) is 0 Å². The lowest BCUT2D eigenvalue weighted by molar-refractivity contribution is -0.120. The number of hydrogen-bond acceptors (Lipinski definition) is 5. The molecule has 6 heteroatoms. The van der Waals surface area contributed by atoms with E-state index in [2.05, 4.69) is 32.9 Å². The molecule has 1 unspecified atom stereocenters. The molecule has 1 amide bonds. The Morgan fingerprint density at radius 2 is 2.04 bits per heavy atom. The molecular weight excluding hydrogens is 322 g/mol. The number of methoxy groups -OCH3 is 1. The van der Waals surface area contributed by atoms with Crippen LogP contribution in [0.3, 0.4) is 0 Å². The standard InChI is InChI=1S/C19H31NO5/c1-12(2)7-8-14-18(3,25-14)16-15(22-6)13(24-17(21)20(4)5)9-10-19(16)11-23-19/h7-8,12-16H,9-11H2,1-6H3/b8-7+/t13-,14-,15-,16?,18+,19+/m1/s1. The number of nitrogens with zero attached hydrogens (tertiary/aromatic N) is 1. The van der Waals surface area contributed by atoms with Crippen LogP contribution in [0.25, 0.3) is 0 Å². The van der Waals surface area contributed by atoms with E-state index in [4.69, 9.17) is 18.9 Å². The maximum atomic E-state index is 12.0. The van der Waals surface area contributed by atoms with Gasteiger partial charge < -0.3 is 23.8 Å². The molecule has 0 bridgehead atoms. The van der Waals surface area contributed by atoms with Crippen LogP contribution in [0.1, 0.15) is 33.6 Å². The Balaban J connectivity index is 1.79. The van der Waals surface area contributed by atoms with Gasteiger partial charge in [0.05, 0.1) is 12.5 Å². The number of amides is 1. The van der Waals surface area contributed by atoms with E-state index in [1.165, 1.54) is 4.90 Å². The van der Waals surface area contributed by atoms with Crippen molar-refractivity contribution in [3.05, 3.63) is 12.2 Å². The Bertz CT molecular complexity index is 542. The lowest BCUT2D eigenvalue weighted by atomic mass is 9.68. The molecule has 0 aromatic heterocycles. The van der Waals surface area contributed by atoms with Crippen molar-refractivity contribution in [1.29, 1.82) is 0 Å². The summed E-state index contributed by atoms with van der Waals surface area (Å²) in [7, 11) is 5.06. The molecule has 0 aromatic rings. The monoisotopic (exact) mass is 353 g/mol. The van der Waals surface area contributed by atoms with Gasteiger partial charge in [-0.05, 0) is 25.7 Å². The zero-order chi connectivity index (χ0) is 18.4. The fraction of sp³-hybridized carbons (Fsp3) is 0.842. The molecule has 2 aliphatic heterocycles. The fourth-order valence-electron chi connectivity index (χ4n) is 4.18. The van der Waals surface area contributed by atoms with Crippen LogP contribution < -0.4 is 0 Å². The Kier molecular flexibility index (Phi) is 4.90. The molecule has 6 atom stereocenters. The van der Waals surface area contributed by atoms with Crippen LogP contribution in [0.15, 0.2) is 12.2 Å². The van der Waals surface area contributed by atoms with Crippen LogP contribution in [0.2, 0.25) is 0 Å². The van der Waals surface area contributed by atoms with Gasteiger partial charge in [0.25, 0.3) is 0 Å². The van der Waals surface area contributed by atoms with Gasteiger partial charge in [0.2, 0.25) is 0 Å². The Hall–Kier alpha value is -1.11. The number of carbonyl (C=O) groups is 1. The minimum absolute atomic E-state index is 0.0422. The second-order valence-corrected chi connectivity index (χ2v) is 8.24. The zero-order valence-electron chi connectivity index (χ0n) is 16.2. The van der Waals surface area contributed by atoms with Crippen molar-refractivity contribution in [2.75, 3.05) is 27.8 Å².